The average molecular weight is 237 g/mol. The Morgan fingerprint density at radius 3 is 2.12 bits per heavy atom. The summed E-state index contributed by atoms with van der Waals surface area (Å²) < 4.78 is 49.8. The summed E-state index contributed by atoms with van der Waals surface area (Å²) in [6.45, 7) is 0.836. The summed E-state index contributed by atoms with van der Waals surface area (Å²) >= 11 is 0. The number of benzene rings is 1. The van der Waals surface area contributed by atoms with Gasteiger partial charge in [-0.15, -0.1) is 18.2 Å². The lowest BCUT2D eigenvalue weighted by Gasteiger charge is -2.24. The van der Waals surface area contributed by atoms with Crippen LogP contribution in [0.25, 0.3) is 0 Å². The van der Waals surface area contributed by atoms with E-state index in [-0.39, 0.29) is 0 Å². The molecule has 1 aromatic rings. The van der Waals surface area contributed by atoms with Crippen LogP contribution in [0.3, 0.4) is 0 Å². The van der Waals surface area contributed by atoms with E-state index in [1.54, 1.807) is 0 Å². The molecule has 0 aliphatic rings. The van der Waals surface area contributed by atoms with Gasteiger partial charge in [-0.1, -0.05) is 0 Å². The maximum atomic E-state index is 12.5. The van der Waals surface area contributed by atoms with E-state index in [2.05, 4.69) is 4.84 Å². The maximum Gasteiger partial charge on any atom is 0.517 e. The van der Waals surface area contributed by atoms with Gasteiger partial charge in [-0.3, -0.25) is 4.79 Å². The molecule has 0 amide bonds. The highest BCUT2D eigenvalue weighted by Crippen LogP contribution is 2.28. The fourth-order valence-electron chi connectivity index (χ4n) is 0.956. The van der Waals surface area contributed by atoms with Crippen LogP contribution in [-0.4, -0.2) is 12.3 Å². The fraction of sp³-hybridized carbons (Fsp3) is 0.222. The van der Waals surface area contributed by atoms with Gasteiger partial charge in [0.1, 0.15) is 5.82 Å². The minimum Gasteiger partial charge on any atom is -0.333 e. The van der Waals surface area contributed by atoms with E-state index in [9.17, 15) is 22.4 Å². The third-order valence-corrected chi connectivity index (χ3v) is 1.51. The van der Waals surface area contributed by atoms with Crippen LogP contribution in [0.2, 0.25) is 0 Å². The molecule has 0 N–H and O–H groups in total. The zero-order valence-electron chi connectivity index (χ0n) is 8.08. The summed E-state index contributed by atoms with van der Waals surface area (Å²) in [7, 11) is 0. The summed E-state index contributed by atoms with van der Waals surface area (Å²) in [5.41, 5.74) is -0.482. The van der Waals surface area contributed by atoms with E-state index in [1.165, 1.54) is 0 Å². The van der Waals surface area contributed by atoms with Crippen LogP contribution in [0, 0.1) is 5.82 Å². The molecular weight excluding hydrogens is 230 g/mol. The topological polar surface area (TPSA) is 29.5 Å². The zero-order valence-corrected chi connectivity index (χ0v) is 8.08. The summed E-state index contributed by atoms with van der Waals surface area (Å²) in [6, 6.07) is 3.37. The van der Waals surface area contributed by atoms with Crippen LogP contribution in [0.4, 0.5) is 23.2 Å². The van der Waals surface area contributed by atoms with Gasteiger partial charge in [0, 0.05) is 6.92 Å². The number of nitrogens with zero attached hydrogens (tertiary/aromatic N) is 1. The third-order valence-electron chi connectivity index (χ3n) is 1.51. The minimum atomic E-state index is -4.89. The molecule has 0 aliphatic heterocycles. The predicted octanol–water partition coefficient (Wildman–Crippen LogP) is 2.63. The van der Waals surface area contributed by atoms with Crippen molar-refractivity contribution in [1.29, 1.82) is 0 Å². The van der Waals surface area contributed by atoms with Gasteiger partial charge in [-0.25, -0.2) is 4.39 Å². The maximum absolute atomic E-state index is 12.5. The van der Waals surface area contributed by atoms with E-state index in [0.29, 0.717) is 0 Å². The molecule has 0 fully saturated rings. The van der Waals surface area contributed by atoms with Gasteiger partial charge >= 0.3 is 12.3 Å². The Labute approximate surface area is 88.2 Å². The van der Waals surface area contributed by atoms with Gasteiger partial charge in [0.25, 0.3) is 0 Å². The molecule has 0 saturated carbocycles. The first-order chi connectivity index (χ1) is 7.30. The zero-order chi connectivity index (χ0) is 12.3. The van der Waals surface area contributed by atoms with E-state index in [1.807, 2.05) is 0 Å². The van der Waals surface area contributed by atoms with Crippen LogP contribution in [-0.2, 0) is 9.63 Å². The number of anilines is 1. The fourth-order valence-corrected chi connectivity index (χ4v) is 0.956. The van der Waals surface area contributed by atoms with Crippen molar-refractivity contribution >= 4 is 11.7 Å². The van der Waals surface area contributed by atoms with Crippen LogP contribution < -0.4 is 5.06 Å². The Bertz CT molecular complexity index is 374. The molecule has 7 heteroatoms. The number of carbonyl (C=O) groups excluding carboxylic acids is 1. The van der Waals surface area contributed by atoms with E-state index in [0.717, 1.165) is 31.2 Å². The molecule has 0 radical (unpaired) electrons. The predicted molar refractivity (Wildman–Crippen MR) is 46.7 cm³/mol. The van der Waals surface area contributed by atoms with Crippen molar-refractivity contribution in [2.45, 2.75) is 13.2 Å². The first-order valence-corrected chi connectivity index (χ1v) is 4.12. The second kappa shape index (κ2) is 4.38. The molecule has 1 aromatic carbocycles. The van der Waals surface area contributed by atoms with Crippen molar-refractivity contribution in [2.75, 3.05) is 5.06 Å². The van der Waals surface area contributed by atoms with Gasteiger partial charge in [0.05, 0.1) is 5.69 Å². The lowest BCUT2D eigenvalue weighted by atomic mass is 10.3. The lowest BCUT2D eigenvalue weighted by Crippen LogP contribution is -2.39. The molecule has 3 nitrogen and oxygen atoms in total. The van der Waals surface area contributed by atoms with Crippen LogP contribution >= 0.6 is 0 Å². The quantitative estimate of drug-likeness (QED) is 0.450. The highest BCUT2D eigenvalue weighted by atomic mass is 19.4. The van der Waals surface area contributed by atoms with Crippen LogP contribution in [0.1, 0.15) is 6.92 Å². The SMILES string of the molecule is CC(=O)ON(c1ccc(F)cc1)C(F)(F)F. The summed E-state index contributed by atoms with van der Waals surface area (Å²) in [5, 5.41) is -0.533. The largest absolute Gasteiger partial charge is 0.517 e. The average Bonchev–Trinajstić information content (AvgIpc) is 2.14. The summed E-state index contributed by atoms with van der Waals surface area (Å²) in [4.78, 5) is 14.5. The molecule has 1 rings (SSSR count). The Hall–Kier alpha value is -1.79. The van der Waals surface area contributed by atoms with Gasteiger partial charge in [-0.2, -0.15) is 0 Å². The van der Waals surface area contributed by atoms with E-state index in [4.69, 9.17) is 0 Å². The van der Waals surface area contributed by atoms with Crippen LogP contribution in [0.5, 0.6) is 0 Å². The van der Waals surface area contributed by atoms with Crippen molar-refractivity contribution in [1.82, 2.24) is 0 Å². The van der Waals surface area contributed by atoms with Crippen molar-refractivity contribution in [3.05, 3.63) is 30.1 Å². The number of rotatable bonds is 2. The molecule has 0 saturated heterocycles. The molecular formula is C9H7F4NO2. The van der Waals surface area contributed by atoms with Crippen molar-refractivity contribution in [3.8, 4) is 0 Å². The highest BCUT2D eigenvalue weighted by Gasteiger charge is 2.41. The van der Waals surface area contributed by atoms with Crippen molar-refractivity contribution in [3.63, 3.8) is 0 Å². The van der Waals surface area contributed by atoms with Crippen LogP contribution in [0.15, 0.2) is 24.3 Å². The summed E-state index contributed by atoms with van der Waals surface area (Å²) in [6.07, 6.45) is -4.89. The normalized spacial score (nSPS) is 11.1. The monoisotopic (exact) mass is 237 g/mol. The highest BCUT2D eigenvalue weighted by molar-refractivity contribution is 5.67. The Kier molecular flexibility index (Phi) is 3.36. The molecule has 0 unspecified atom stereocenters. The first kappa shape index (κ1) is 12.3. The lowest BCUT2D eigenvalue weighted by molar-refractivity contribution is -0.197. The molecule has 16 heavy (non-hydrogen) atoms. The smallest absolute Gasteiger partial charge is 0.333 e. The number of hydroxylamine groups is 1. The summed E-state index contributed by atoms with van der Waals surface area (Å²) in [5.74, 6) is -1.81. The van der Waals surface area contributed by atoms with Crippen molar-refractivity contribution < 1.29 is 27.2 Å². The Morgan fingerprint density at radius 2 is 1.75 bits per heavy atom. The Morgan fingerprint density at radius 1 is 1.25 bits per heavy atom. The number of alkyl halides is 3. The Balaban J connectivity index is 3.01. The van der Waals surface area contributed by atoms with Crippen molar-refractivity contribution in [2.24, 2.45) is 0 Å². The van der Waals surface area contributed by atoms with Gasteiger partial charge in [0.15, 0.2) is 0 Å². The number of halogens is 4. The number of hydrogen-bond acceptors (Lipinski definition) is 3. The van der Waals surface area contributed by atoms with Gasteiger partial charge in [-0.05, 0) is 24.3 Å². The number of carbonyl (C=O) groups is 1. The second-order valence-corrected chi connectivity index (χ2v) is 2.82. The standard InChI is InChI=1S/C9H7F4NO2/c1-6(15)16-14(9(11,12)13)8-4-2-7(10)3-5-8/h2-5H,1H3. The molecule has 0 atom stereocenters. The minimum absolute atomic E-state index is 0.482. The van der Waals surface area contributed by atoms with E-state index >= 15 is 0 Å². The molecule has 88 valence electrons. The van der Waals surface area contributed by atoms with E-state index < -0.39 is 28.8 Å². The number of hydrogen-bond donors (Lipinski definition) is 0. The molecule has 0 heterocycles. The second-order valence-electron chi connectivity index (χ2n) is 2.82. The molecule has 0 aliphatic carbocycles. The van der Waals surface area contributed by atoms with Gasteiger partial charge in [0.2, 0.25) is 0 Å². The molecule has 0 bridgehead atoms. The van der Waals surface area contributed by atoms with Gasteiger partial charge < -0.3 is 4.84 Å². The third kappa shape index (κ3) is 3.11. The molecule has 0 aromatic heterocycles. The molecule has 0 spiro atoms. The first-order valence-electron chi connectivity index (χ1n) is 4.12.